The number of hydrogen-bond acceptors (Lipinski definition) is 7. The molecule has 208 valence electrons. The van der Waals surface area contributed by atoms with E-state index in [1.54, 1.807) is 24.1 Å². The third-order valence-electron chi connectivity index (χ3n) is 6.68. The highest BCUT2D eigenvalue weighted by atomic mass is 35.5. The number of para-hydroxylation sites is 1. The molecule has 0 aliphatic carbocycles. The van der Waals surface area contributed by atoms with Crippen LogP contribution in [-0.4, -0.2) is 81.5 Å². The molecule has 1 amide bonds. The molecule has 3 aromatic rings. The predicted octanol–water partition coefficient (Wildman–Crippen LogP) is 4.82. The van der Waals surface area contributed by atoms with Gasteiger partial charge in [0.25, 0.3) is 5.91 Å². The fraction of sp³-hybridized carbons (Fsp3) is 0.481. The fourth-order valence-electron chi connectivity index (χ4n) is 4.36. The molecule has 4 rings (SSSR count). The van der Waals surface area contributed by atoms with Crippen LogP contribution in [0.2, 0.25) is 0 Å². The lowest BCUT2D eigenvalue weighted by molar-refractivity contribution is 0.0376. The van der Waals surface area contributed by atoms with Crippen molar-refractivity contribution in [2.24, 2.45) is 0 Å². The van der Waals surface area contributed by atoms with Gasteiger partial charge in [-0.1, -0.05) is 36.8 Å². The Morgan fingerprint density at radius 3 is 2.45 bits per heavy atom. The minimum Gasteiger partial charge on any atom is -0.379 e. The zero-order valence-electron chi connectivity index (χ0n) is 22.3. The molecule has 0 saturated carbocycles. The van der Waals surface area contributed by atoms with Crippen molar-refractivity contribution in [3.05, 3.63) is 53.6 Å². The number of halogens is 1. The lowest BCUT2D eigenvalue weighted by Crippen LogP contribution is -2.39. The third-order valence-corrected chi connectivity index (χ3v) is 9.60. The lowest BCUT2D eigenvalue weighted by atomic mass is 10.2. The Balaban J connectivity index is 0.00000400. The van der Waals surface area contributed by atoms with Gasteiger partial charge in [0.1, 0.15) is 0 Å². The topological polar surface area (TPSA) is 83.1 Å². The molecule has 1 fully saturated rings. The summed E-state index contributed by atoms with van der Waals surface area (Å²) in [6.45, 7) is 9.19. The van der Waals surface area contributed by atoms with Crippen LogP contribution in [0.15, 0.2) is 47.4 Å². The number of nitrogens with zero attached hydrogens (tertiary/aromatic N) is 4. The number of aromatic nitrogens is 1. The largest absolute Gasteiger partial charge is 0.379 e. The summed E-state index contributed by atoms with van der Waals surface area (Å²) in [6.07, 6.45) is 2.52. The van der Waals surface area contributed by atoms with Crippen molar-refractivity contribution < 1.29 is 17.9 Å². The van der Waals surface area contributed by atoms with Crippen LogP contribution < -0.4 is 4.90 Å². The summed E-state index contributed by atoms with van der Waals surface area (Å²) in [5, 5.41) is 0.660. The molecule has 1 saturated heterocycles. The van der Waals surface area contributed by atoms with Crippen molar-refractivity contribution in [1.82, 2.24) is 14.2 Å². The molecule has 0 N–H and O–H groups in total. The van der Waals surface area contributed by atoms with Gasteiger partial charge in [-0.3, -0.25) is 14.6 Å². The Bertz CT molecular complexity index is 1310. The average molecular weight is 581 g/mol. The molecule has 2 heterocycles. The summed E-state index contributed by atoms with van der Waals surface area (Å²) in [5.74, 6) is -0.179. The van der Waals surface area contributed by atoms with Crippen LogP contribution in [0, 0.1) is 6.92 Å². The number of rotatable bonds is 11. The number of benzene rings is 2. The van der Waals surface area contributed by atoms with Gasteiger partial charge in [0, 0.05) is 45.3 Å². The van der Waals surface area contributed by atoms with E-state index in [2.05, 4.69) is 4.90 Å². The second kappa shape index (κ2) is 13.8. The van der Waals surface area contributed by atoms with Gasteiger partial charge in [0.05, 0.1) is 28.3 Å². The number of amides is 1. The fourth-order valence-corrected chi connectivity index (χ4v) is 6.63. The molecule has 38 heavy (non-hydrogen) atoms. The Labute approximate surface area is 236 Å². The van der Waals surface area contributed by atoms with E-state index in [1.165, 1.54) is 27.8 Å². The second-order valence-electron chi connectivity index (χ2n) is 9.39. The zero-order chi connectivity index (χ0) is 26.4. The van der Waals surface area contributed by atoms with Gasteiger partial charge < -0.3 is 4.74 Å². The van der Waals surface area contributed by atoms with E-state index in [9.17, 15) is 13.2 Å². The smallest absolute Gasteiger partial charge is 0.260 e. The van der Waals surface area contributed by atoms with E-state index in [4.69, 9.17) is 9.72 Å². The number of aryl methyl sites for hydroxylation is 1. The molecule has 2 aromatic carbocycles. The summed E-state index contributed by atoms with van der Waals surface area (Å²) >= 11 is 1.51. The van der Waals surface area contributed by atoms with E-state index in [0.29, 0.717) is 23.8 Å². The summed E-state index contributed by atoms with van der Waals surface area (Å²) in [6, 6.07) is 12.3. The van der Waals surface area contributed by atoms with Crippen LogP contribution >= 0.6 is 23.7 Å². The Hall–Kier alpha value is -2.08. The number of hydrogen-bond donors (Lipinski definition) is 0. The number of thiazole rings is 1. The van der Waals surface area contributed by atoms with Gasteiger partial charge in [-0.2, -0.15) is 0 Å². The number of carbonyl (C=O) groups is 1. The molecule has 1 aromatic heterocycles. The van der Waals surface area contributed by atoms with E-state index in [-0.39, 0.29) is 23.2 Å². The van der Waals surface area contributed by atoms with Crippen molar-refractivity contribution in [3.63, 3.8) is 0 Å². The molecule has 0 radical (unpaired) electrons. The normalized spacial score (nSPS) is 14.5. The average Bonchev–Trinajstić information content (AvgIpc) is 3.35. The molecule has 0 spiro atoms. The number of sulfonamides is 1. The van der Waals surface area contributed by atoms with Crippen molar-refractivity contribution in [2.75, 3.05) is 57.9 Å². The standard InChI is InChI=1S/C27H36N4O4S2.ClH/c1-4-5-14-29(3)37(33,34)23-12-10-22(11-13-23)26(32)31(16-7-15-30-17-19-35-20-18-30)27-28-25-21(2)8-6-9-24(25)36-27;/h6,8-13H,4-5,7,14-20H2,1-3H3;1H. The molecule has 0 bridgehead atoms. The molecular formula is C27H37ClN4O4S2. The Morgan fingerprint density at radius 2 is 1.79 bits per heavy atom. The Morgan fingerprint density at radius 1 is 1.08 bits per heavy atom. The number of unbranched alkanes of at least 4 members (excludes halogenated alkanes) is 1. The first-order valence-corrected chi connectivity index (χ1v) is 15.1. The quantitative estimate of drug-likeness (QED) is 0.323. The maximum Gasteiger partial charge on any atom is 0.260 e. The van der Waals surface area contributed by atoms with Gasteiger partial charge in [-0.25, -0.2) is 17.7 Å². The van der Waals surface area contributed by atoms with E-state index < -0.39 is 10.0 Å². The summed E-state index contributed by atoms with van der Waals surface area (Å²) < 4.78 is 33.7. The van der Waals surface area contributed by atoms with E-state index >= 15 is 0 Å². The molecular weight excluding hydrogens is 544 g/mol. The first-order chi connectivity index (χ1) is 17.8. The predicted molar refractivity (Wildman–Crippen MR) is 156 cm³/mol. The van der Waals surface area contributed by atoms with Crippen molar-refractivity contribution in [1.29, 1.82) is 0 Å². The van der Waals surface area contributed by atoms with Crippen LogP contribution in [0.4, 0.5) is 5.13 Å². The molecule has 11 heteroatoms. The van der Waals surface area contributed by atoms with Gasteiger partial charge in [-0.15, -0.1) is 12.4 Å². The van der Waals surface area contributed by atoms with Crippen LogP contribution in [0.5, 0.6) is 0 Å². The first-order valence-electron chi connectivity index (χ1n) is 12.9. The molecule has 0 atom stereocenters. The van der Waals surface area contributed by atoms with Gasteiger partial charge in [0.2, 0.25) is 10.0 Å². The van der Waals surface area contributed by atoms with Gasteiger partial charge in [-0.05, 0) is 55.7 Å². The van der Waals surface area contributed by atoms with Crippen molar-refractivity contribution in [3.8, 4) is 0 Å². The van der Waals surface area contributed by atoms with Gasteiger partial charge in [0.15, 0.2) is 5.13 Å². The zero-order valence-corrected chi connectivity index (χ0v) is 24.7. The second-order valence-corrected chi connectivity index (χ2v) is 12.4. The summed E-state index contributed by atoms with van der Waals surface area (Å²) in [7, 11) is -2.00. The Kier molecular flexibility index (Phi) is 11.1. The van der Waals surface area contributed by atoms with Crippen LogP contribution in [0.3, 0.4) is 0 Å². The van der Waals surface area contributed by atoms with E-state index in [1.807, 2.05) is 32.0 Å². The number of carbonyl (C=O) groups excluding carboxylic acids is 1. The SMILES string of the molecule is CCCCN(C)S(=O)(=O)c1ccc(C(=O)N(CCCN2CCOCC2)c2nc3c(C)cccc3s2)cc1.Cl. The van der Waals surface area contributed by atoms with Crippen LogP contribution in [-0.2, 0) is 14.8 Å². The number of fused-ring (bicyclic) bond motifs is 1. The number of anilines is 1. The first kappa shape index (κ1) is 30.5. The van der Waals surface area contributed by atoms with Crippen molar-refractivity contribution in [2.45, 2.75) is 38.0 Å². The van der Waals surface area contributed by atoms with Crippen LogP contribution in [0.25, 0.3) is 10.2 Å². The highest BCUT2D eigenvalue weighted by molar-refractivity contribution is 7.89. The minimum absolute atomic E-state index is 0. The maximum absolute atomic E-state index is 13.7. The van der Waals surface area contributed by atoms with Crippen LogP contribution in [0.1, 0.15) is 42.1 Å². The minimum atomic E-state index is -3.59. The van der Waals surface area contributed by atoms with Gasteiger partial charge >= 0.3 is 0 Å². The third kappa shape index (κ3) is 7.11. The highest BCUT2D eigenvalue weighted by Gasteiger charge is 2.24. The summed E-state index contributed by atoms with van der Waals surface area (Å²) in [4.78, 5) is 22.8. The molecule has 1 aliphatic rings. The monoisotopic (exact) mass is 580 g/mol. The summed E-state index contributed by atoms with van der Waals surface area (Å²) in [5.41, 5.74) is 2.42. The number of ether oxygens (including phenoxy) is 1. The van der Waals surface area contributed by atoms with E-state index in [0.717, 1.165) is 67.9 Å². The lowest BCUT2D eigenvalue weighted by Gasteiger charge is -2.27. The highest BCUT2D eigenvalue weighted by Crippen LogP contribution is 2.31. The molecule has 8 nitrogen and oxygen atoms in total. The number of morpholine rings is 1. The van der Waals surface area contributed by atoms with Crippen molar-refractivity contribution >= 4 is 55.0 Å². The molecule has 0 unspecified atom stereocenters. The maximum atomic E-state index is 13.7. The molecule has 1 aliphatic heterocycles.